The molecule has 1 aliphatic heterocycles. The second kappa shape index (κ2) is 5.49. The first-order valence-corrected chi connectivity index (χ1v) is 8.51. The van der Waals surface area contributed by atoms with E-state index in [0.717, 1.165) is 18.7 Å². The van der Waals surface area contributed by atoms with Gasteiger partial charge in [0.05, 0.1) is 6.04 Å². The van der Waals surface area contributed by atoms with E-state index >= 15 is 0 Å². The summed E-state index contributed by atoms with van der Waals surface area (Å²) in [5, 5.41) is 0.685. The van der Waals surface area contributed by atoms with Gasteiger partial charge >= 0.3 is 0 Å². The normalized spacial score (nSPS) is 21.4. The fraction of sp³-hybridized carbons (Fsp3) is 0.933. The lowest BCUT2D eigenvalue weighted by Crippen LogP contribution is -2.29. The third-order valence-corrected chi connectivity index (χ3v) is 7.24. The highest BCUT2D eigenvalue weighted by Crippen LogP contribution is 2.59. The van der Waals surface area contributed by atoms with Crippen molar-refractivity contribution in [2.75, 3.05) is 12.8 Å². The first kappa shape index (κ1) is 16.0. The molecule has 0 fully saturated rings. The Kier molecular flexibility index (Phi) is 4.87. The fourth-order valence-corrected chi connectivity index (χ4v) is 5.89. The SMILES string of the molecule is CC(C)[C@H]1COC(CP(C(C)(C)C)C(C)(C)C)=N1. The Balaban J connectivity index is 2.78. The molecule has 1 atom stereocenters. The van der Waals surface area contributed by atoms with Gasteiger partial charge in [0.25, 0.3) is 0 Å². The van der Waals surface area contributed by atoms with Crippen LogP contribution in [0.25, 0.3) is 0 Å². The monoisotopic (exact) mass is 271 g/mol. The highest BCUT2D eigenvalue weighted by Gasteiger charge is 2.36. The van der Waals surface area contributed by atoms with E-state index in [0.29, 0.717) is 22.3 Å². The minimum Gasteiger partial charge on any atom is -0.478 e. The van der Waals surface area contributed by atoms with Crippen molar-refractivity contribution in [1.29, 1.82) is 0 Å². The number of hydrogen-bond acceptors (Lipinski definition) is 2. The predicted molar refractivity (Wildman–Crippen MR) is 83.3 cm³/mol. The topological polar surface area (TPSA) is 21.6 Å². The molecule has 0 aromatic rings. The van der Waals surface area contributed by atoms with Gasteiger partial charge in [-0.2, -0.15) is 0 Å². The lowest BCUT2D eigenvalue weighted by atomic mass is 10.1. The van der Waals surface area contributed by atoms with Crippen molar-refractivity contribution >= 4 is 13.8 Å². The van der Waals surface area contributed by atoms with Crippen LogP contribution in [0.15, 0.2) is 4.99 Å². The summed E-state index contributed by atoms with van der Waals surface area (Å²) in [5.41, 5.74) is 0. The van der Waals surface area contributed by atoms with Gasteiger partial charge in [-0.25, -0.2) is 4.99 Å². The van der Waals surface area contributed by atoms with Crippen LogP contribution in [0.4, 0.5) is 0 Å². The number of hydrogen-bond donors (Lipinski definition) is 0. The molecule has 0 aromatic heterocycles. The summed E-state index contributed by atoms with van der Waals surface area (Å²) in [7, 11) is -0.148. The van der Waals surface area contributed by atoms with Gasteiger partial charge < -0.3 is 4.74 Å². The van der Waals surface area contributed by atoms with Crippen molar-refractivity contribution in [1.82, 2.24) is 0 Å². The fourth-order valence-electron chi connectivity index (χ4n) is 2.48. The first-order valence-electron chi connectivity index (χ1n) is 6.99. The average Bonchev–Trinajstić information content (AvgIpc) is 2.58. The van der Waals surface area contributed by atoms with Crippen LogP contribution in [0.1, 0.15) is 55.4 Å². The van der Waals surface area contributed by atoms with E-state index in [9.17, 15) is 0 Å². The summed E-state index contributed by atoms with van der Waals surface area (Å²) in [4.78, 5) is 4.76. The Hall–Kier alpha value is -0.100. The van der Waals surface area contributed by atoms with Gasteiger partial charge in [-0.05, 0) is 16.2 Å². The van der Waals surface area contributed by atoms with Gasteiger partial charge in [0.1, 0.15) is 6.61 Å². The number of rotatable bonds is 3. The quantitative estimate of drug-likeness (QED) is 0.692. The number of ether oxygens (including phenoxy) is 1. The van der Waals surface area contributed by atoms with E-state index in [-0.39, 0.29) is 7.92 Å². The molecule has 0 amide bonds. The molecule has 0 spiro atoms. The zero-order chi connectivity index (χ0) is 14.1. The minimum absolute atomic E-state index is 0.148. The molecular formula is C15H30NOP. The summed E-state index contributed by atoms with van der Waals surface area (Å²) in [6, 6.07) is 0.372. The van der Waals surface area contributed by atoms with Crippen molar-refractivity contribution in [3.05, 3.63) is 0 Å². The Morgan fingerprint density at radius 1 is 1.17 bits per heavy atom. The maximum Gasteiger partial charge on any atom is 0.188 e. The lowest BCUT2D eigenvalue weighted by molar-refractivity contribution is 0.290. The maximum atomic E-state index is 5.81. The Labute approximate surface area is 114 Å². The summed E-state index contributed by atoms with van der Waals surface area (Å²) in [5.74, 6) is 1.59. The van der Waals surface area contributed by atoms with Gasteiger partial charge in [-0.1, -0.05) is 63.3 Å². The molecule has 0 N–H and O–H groups in total. The second-order valence-electron chi connectivity index (χ2n) is 7.57. The van der Waals surface area contributed by atoms with Gasteiger partial charge in [-0.3, -0.25) is 0 Å². The van der Waals surface area contributed by atoms with Crippen molar-refractivity contribution < 1.29 is 4.74 Å². The Morgan fingerprint density at radius 2 is 1.67 bits per heavy atom. The van der Waals surface area contributed by atoms with Crippen LogP contribution in [0.2, 0.25) is 0 Å². The highest BCUT2D eigenvalue weighted by atomic mass is 31.1. The van der Waals surface area contributed by atoms with E-state index in [1.54, 1.807) is 0 Å². The van der Waals surface area contributed by atoms with E-state index in [4.69, 9.17) is 9.73 Å². The van der Waals surface area contributed by atoms with Crippen molar-refractivity contribution in [2.45, 2.75) is 71.7 Å². The molecule has 1 aliphatic rings. The molecular weight excluding hydrogens is 241 g/mol. The van der Waals surface area contributed by atoms with Gasteiger partial charge in [0, 0.05) is 6.16 Å². The smallest absolute Gasteiger partial charge is 0.188 e. The van der Waals surface area contributed by atoms with Crippen LogP contribution < -0.4 is 0 Å². The summed E-state index contributed by atoms with van der Waals surface area (Å²) in [6.45, 7) is 19.3. The third-order valence-electron chi connectivity index (χ3n) is 3.41. The van der Waals surface area contributed by atoms with Crippen LogP contribution in [0, 0.1) is 5.92 Å². The number of aliphatic imine (C=N–C) groups is 1. The lowest BCUT2D eigenvalue weighted by Gasteiger charge is -2.41. The van der Waals surface area contributed by atoms with E-state index in [1.807, 2.05) is 0 Å². The van der Waals surface area contributed by atoms with E-state index < -0.39 is 0 Å². The minimum atomic E-state index is -0.148. The molecule has 3 heteroatoms. The van der Waals surface area contributed by atoms with Gasteiger partial charge in [-0.15, -0.1) is 0 Å². The first-order chi connectivity index (χ1) is 8.01. The molecule has 0 saturated carbocycles. The molecule has 0 aliphatic carbocycles. The molecule has 0 radical (unpaired) electrons. The molecule has 0 bridgehead atoms. The molecule has 0 unspecified atom stereocenters. The molecule has 2 nitrogen and oxygen atoms in total. The van der Waals surface area contributed by atoms with Crippen molar-refractivity contribution in [2.24, 2.45) is 10.9 Å². The van der Waals surface area contributed by atoms with Gasteiger partial charge in [0.2, 0.25) is 0 Å². The molecule has 1 heterocycles. The van der Waals surface area contributed by atoms with Crippen LogP contribution in [0.3, 0.4) is 0 Å². The van der Waals surface area contributed by atoms with Crippen LogP contribution >= 0.6 is 7.92 Å². The standard InChI is InChI=1S/C15H30NOP/c1-11(2)12-9-17-13(16-12)10-18(14(3,4)5)15(6,7)8/h11-12H,9-10H2,1-8H3/t12-/m1/s1. The average molecular weight is 271 g/mol. The summed E-state index contributed by atoms with van der Waals surface area (Å²) >= 11 is 0. The summed E-state index contributed by atoms with van der Waals surface area (Å²) in [6.07, 6.45) is 1.03. The number of nitrogens with zero attached hydrogens (tertiary/aromatic N) is 1. The van der Waals surface area contributed by atoms with Crippen LogP contribution in [-0.2, 0) is 4.74 Å². The predicted octanol–water partition coefficient (Wildman–Crippen LogP) is 4.52. The van der Waals surface area contributed by atoms with Gasteiger partial charge in [0.15, 0.2) is 5.90 Å². The molecule has 1 rings (SSSR count). The summed E-state index contributed by atoms with van der Waals surface area (Å²) < 4.78 is 5.81. The maximum absolute atomic E-state index is 5.81. The van der Waals surface area contributed by atoms with Crippen LogP contribution in [-0.4, -0.2) is 35.0 Å². The van der Waals surface area contributed by atoms with Crippen molar-refractivity contribution in [3.8, 4) is 0 Å². The molecule has 18 heavy (non-hydrogen) atoms. The van der Waals surface area contributed by atoms with E-state index in [1.165, 1.54) is 0 Å². The Bertz CT molecular complexity index is 295. The largest absolute Gasteiger partial charge is 0.478 e. The zero-order valence-corrected chi connectivity index (χ0v) is 14.3. The Morgan fingerprint density at radius 3 is 2.00 bits per heavy atom. The van der Waals surface area contributed by atoms with E-state index in [2.05, 4.69) is 55.4 Å². The third kappa shape index (κ3) is 4.23. The molecule has 106 valence electrons. The van der Waals surface area contributed by atoms with Crippen LogP contribution in [0.5, 0.6) is 0 Å². The highest BCUT2D eigenvalue weighted by molar-refractivity contribution is 7.61. The second-order valence-corrected chi connectivity index (χ2v) is 11.4. The zero-order valence-electron chi connectivity index (χ0n) is 13.4. The molecule has 0 saturated heterocycles. The molecule has 0 aromatic carbocycles. The van der Waals surface area contributed by atoms with Crippen molar-refractivity contribution in [3.63, 3.8) is 0 Å².